The van der Waals surface area contributed by atoms with Crippen LogP contribution >= 0.6 is 15.9 Å². The zero-order chi connectivity index (χ0) is 14.2. The summed E-state index contributed by atoms with van der Waals surface area (Å²) < 4.78 is 24.0. The first-order valence-corrected chi connectivity index (χ1v) is 5.98. The average molecular weight is 330 g/mol. The normalized spacial score (nSPS) is 10.5. The van der Waals surface area contributed by atoms with Crippen molar-refractivity contribution in [3.63, 3.8) is 0 Å². The number of ether oxygens (including phenoxy) is 1. The predicted octanol–water partition coefficient (Wildman–Crippen LogP) is 3.26. The first kappa shape index (κ1) is 13.5. The summed E-state index contributed by atoms with van der Waals surface area (Å²) >= 11 is 3.19. The van der Waals surface area contributed by atoms with Crippen molar-refractivity contribution in [3.8, 4) is 17.0 Å². The van der Waals surface area contributed by atoms with E-state index in [1.54, 1.807) is 6.92 Å². The Balaban J connectivity index is 2.69. The van der Waals surface area contributed by atoms with Gasteiger partial charge in [0.2, 0.25) is 5.76 Å². The highest BCUT2D eigenvalue weighted by Gasteiger charge is 2.21. The second-order valence-corrected chi connectivity index (χ2v) is 4.61. The Hall–Kier alpha value is -1.89. The van der Waals surface area contributed by atoms with E-state index in [4.69, 9.17) is 9.84 Å². The lowest BCUT2D eigenvalue weighted by atomic mass is 10.0. The molecule has 1 heterocycles. The van der Waals surface area contributed by atoms with Gasteiger partial charge in [0, 0.05) is 6.07 Å². The third-order valence-corrected chi connectivity index (χ3v) is 3.20. The molecule has 7 heteroatoms. The van der Waals surface area contributed by atoms with Gasteiger partial charge < -0.3 is 14.4 Å². The molecule has 0 radical (unpaired) electrons. The smallest absolute Gasteiger partial charge is 0.374 e. The molecule has 0 amide bonds. The molecule has 0 spiro atoms. The zero-order valence-electron chi connectivity index (χ0n) is 10.0. The van der Waals surface area contributed by atoms with Gasteiger partial charge in [-0.3, -0.25) is 0 Å². The monoisotopic (exact) mass is 329 g/mol. The van der Waals surface area contributed by atoms with Gasteiger partial charge in [-0.05, 0) is 34.5 Å². The van der Waals surface area contributed by atoms with Crippen molar-refractivity contribution in [3.05, 3.63) is 33.7 Å². The fraction of sp³-hybridized carbons (Fsp3) is 0.167. The molecule has 19 heavy (non-hydrogen) atoms. The lowest BCUT2D eigenvalue weighted by Crippen LogP contribution is -1.96. The molecule has 0 aliphatic rings. The number of hydrogen-bond donors (Lipinski definition) is 1. The highest BCUT2D eigenvalue weighted by atomic mass is 79.9. The molecule has 0 saturated carbocycles. The van der Waals surface area contributed by atoms with E-state index in [2.05, 4.69) is 25.6 Å². The SMILES string of the molecule is COc1c(Br)cc(F)c(C)c1-c1cc(C(=O)O)on1. The number of carboxylic acids is 1. The van der Waals surface area contributed by atoms with E-state index in [0.29, 0.717) is 21.3 Å². The van der Waals surface area contributed by atoms with Gasteiger partial charge in [0.15, 0.2) is 0 Å². The number of aromatic nitrogens is 1. The average Bonchev–Trinajstić information content (AvgIpc) is 2.82. The molecule has 1 aromatic heterocycles. The van der Waals surface area contributed by atoms with Crippen molar-refractivity contribution in [1.29, 1.82) is 0 Å². The van der Waals surface area contributed by atoms with Gasteiger partial charge in [0.25, 0.3) is 0 Å². The van der Waals surface area contributed by atoms with Crippen molar-refractivity contribution in [2.75, 3.05) is 7.11 Å². The first-order chi connectivity index (χ1) is 8.95. The number of halogens is 2. The summed E-state index contributed by atoms with van der Waals surface area (Å²) in [5.74, 6) is -1.66. The van der Waals surface area contributed by atoms with Gasteiger partial charge in [-0.25, -0.2) is 9.18 Å². The highest BCUT2D eigenvalue weighted by Crippen LogP contribution is 2.39. The second-order valence-electron chi connectivity index (χ2n) is 3.76. The topological polar surface area (TPSA) is 72.6 Å². The van der Waals surface area contributed by atoms with E-state index in [-0.39, 0.29) is 11.5 Å². The number of benzene rings is 1. The Morgan fingerprint density at radius 2 is 2.21 bits per heavy atom. The molecule has 0 saturated heterocycles. The summed E-state index contributed by atoms with van der Waals surface area (Å²) in [5.41, 5.74) is 0.850. The maximum atomic E-state index is 13.7. The van der Waals surface area contributed by atoms with Crippen LogP contribution in [0.2, 0.25) is 0 Å². The molecule has 0 bridgehead atoms. The summed E-state index contributed by atoms with van der Waals surface area (Å²) in [6.07, 6.45) is 0. The standard InChI is InChI=1S/C12H9BrFNO4/c1-5-7(14)3-6(13)11(18-2)10(5)8-4-9(12(16)17)19-15-8/h3-4H,1-2H3,(H,16,17). The van der Waals surface area contributed by atoms with Crippen molar-refractivity contribution < 1.29 is 23.6 Å². The molecule has 0 aliphatic carbocycles. The van der Waals surface area contributed by atoms with E-state index >= 15 is 0 Å². The maximum Gasteiger partial charge on any atom is 0.374 e. The maximum absolute atomic E-state index is 13.7. The molecule has 0 unspecified atom stereocenters. The second kappa shape index (κ2) is 5.00. The van der Waals surface area contributed by atoms with E-state index in [0.717, 1.165) is 0 Å². The summed E-state index contributed by atoms with van der Waals surface area (Å²) in [7, 11) is 1.43. The van der Waals surface area contributed by atoms with Crippen LogP contribution in [0, 0.1) is 12.7 Å². The minimum absolute atomic E-state index is 0.201. The molecule has 2 aromatic rings. The van der Waals surface area contributed by atoms with Crippen molar-refractivity contribution in [2.45, 2.75) is 6.92 Å². The van der Waals surface area contributed by atoms with Crippen LogP contribution < -0.4 is 4.74 Å². The molecule has 1 N–H and O–H groups in total. The Morgan fingerprint density at radius 1 is 1.53 bits per heavy atom. The van der Waals surface area contributed by atoms with Crippen LogP contribution in [0.3, 0.4) is 0 Å². The predicted molar refractivity (Wildman–Crippen MR) is 67.8 cm³/mol. The van der Waals surface area contributed by atoms with Gasteiger partial charge in [0.05, 0.1) is 17.1 Å². The zero-order valence-corrected chi connectivity index (χ0v) is 11.6. The van der Waals surface area contributed by atoms with Crippen molar-refractivity contribution in [2.24, 2.45) is 0 Å². The Labute approximate surface area is 116 Å². The van der Waals surface area contributed by atoms with Gasteiger partial charge >= 0.3 is 5.97 Å². The molecule has 5 nitrogen and oxygen atoms in total. The lowest BCUT2D eigenvalue weighted by Gasteiger charge is -2.12. The largest absolute Gasteiger partial charge is 0.495 e. The van der Waals surface area contributed by atoms with Gasteiger partial charge in [-0.15, -0.1) is 0 Å². The Kier molecular flexibility index (Phi) is 3.57. The van der Waals surface area contributed by atoms with Crippen molar-refractivity contribution >= 4 is 21.9 Å². The number of carboxylic acid groups (broad SMARTS) is 1. The molecule has 2 rings (SSSR count). The lowest BCUT2D eigenvalue weighted by molar-refractivity contribution is 0.0652. The molecule has 1 aromatic carbocycles. The molecular formula is C12H9BrFNO4. The van der Waals surface area contributed by atoms with Crippen LogP contribution in [-0.2, 0) is 0 Å². The molecule has 0 atom stereocenters. The van der Waals surface area contributed by atoms with Gasteiger partial charge in [-0.1, -0.05) is 5.16 Å². The van der Waals surface area contributed by atoms with E-state index in [1.807, 2.05) is 0 Å². The summed E-state index contributed by atoms with van der Waals surface area (Å²) in [6, 6.07) is 2.49. The molecule has 0 aliphatic heterocycles. The molecule has 100 valence electrons. The third kappa shape index (κ3) is 2.33. The number of rotatable bonds is 3. The summed E-state index contributed by atoms with van der Waals surface area (Å²) in [6.45, 7) is 1.55. The number of nitrogens with zero attached hydrogens (tertiary/aromatic N) is 1. The van der Waals surface area contributed by atoms with Crippen LogP contribution in [0.1, 0.15) is 16.1 Å². The van der Waals surface area contributed by atoms with Crippen LogP contribution in [0.4, 0.5) is 4.39 Å². The molecular weight excluding hydrogens is 321 g/mol. The quantitative estimate of drug-likeness (QED) is 0.935. The van der Waals surface area contributed by atoms with E-state index < -0.39 is 11.8 Å². The van der Waals surface area contributed by atoms with Crippen LogP contribution in [0.25, 0.3) is 11.3 Å². The van der Waals surface area contributed by atoms with Gasteiger partial charge in [-0.2, -0.15) is 0 Å². The number of carbonyl (C=O) groups is 1. The van der Waals surface area contributed by atoms with E-state index in [1.165, 1.54) is 19.2 Å². The van der Waals surface area contributed by atoms with Crippen LogP contribution in [-0.4, -0.2) is 23.3 Å². The number of methoxy groups -OCH3 is 1. The van der Waals surface area contributed by atoms with Gasteiger partial charge in [0.1, 0.15) is 17.3 Å². The minimum atomic E-state index is -1.24. The van der Waals surface area contributed by atoms with Crippen LogP contribution in [0.5, 0.6) is 5.75 Å². The van der Waals surface area contributed by atoms with Crippen molar-refractivity contribution in [1.82, 2.24) is 5.16 Å². The Morgan fingerprint density at radius 3 is 2.74 bits per heavy atom. The molecule has 0 fully saturated rings. The number of hydrogen-bond acceptors (Lipinski definition) is 4. The fourth-order valence-corrected chi connectivity index (χ4v) is 2.26. The van der Waals surface area contributed by atoms with E-state index in [9.17, 15) is 9.18 Å². The minimum Gasteiger partial charge on any atom is -0.495 e. The first-order valence-electron chi connectivity index (χ1n) is 5.18. The third-order valence-electron chi connectivity index (χ3n) is 2.61. The Bertz CT molecular complexity index is 653. The summed E-state index contributed by atoms with van der Waals surface area (Å²) in [4.78, 5) is 10.8. The number of aromatic carboxylic acids is 1. The fourth-order valence-electron chi connectivity index (χ4n) is 1.70. The summed E-state index contributed by atoms with van der Waals surface area (Å²) in [5, 5.41) is 12.4. The highest BCUT2D eigenvalue weighted by molar-refractivity contribution is 9.10. The van der Waals surface area contributed by atoms with Crippen LogP contribution in [0.15, 0.2) is 21.1 Å².